The van der Waals surface area contributed by atoms with Gasteiger partial charge in [-0.25, -0.2) is 4.68 Å². The molecule has 3 aromatic rings. The average Bonchev–Trinajstić information content (AvgIpc) is 3.00. The van der Waals surface area contributed by atoms with Crippen LogP contribution in [0.4, 0.5) is 0 Å². The number of nitrogens with zero attached hydrogens (tertiary/aromatic N) is 4. The maximum Gasteiger partial charge on any atom is 0.204 e. The Labute approximate surface area is 164 Å². The van der Waals surface area contributed by atoms with Crippen molar-refractivity contribution in [2.45, 2.75) is 32.5 Å². The molecule has 1 aromatic heterocycles. The summed E-state index contributed by atoms with van der Waals surface area (Å²) in [6.45, 7) is 4.29. The number of hydrogen-bond acceptors (Lipinski definition) is 4. The number of hydrogen-bond donors (Lipinski definition) is 1. The van der Waals surface area contributed by atoms with Crippen LogP contribution in [0.5, 0.6) is 0 Å². The molecule has 1 atom stereocenters. The number of benzene rings is 2. The zero-order valence-corrected chi connectivity index (χ0v) is 16.3. The molecular weight excluding hydrogens is 356 g/mol. The molecule has 0 radical (unpaired) electrons. The third kappa shape index (κ3) is 3.88. The number of aryl methyl sites for hydroxylation is 1. The Morgan fingerprint density at radius 3 is 2.56 bits per heavy atom. The van der Waals surface area contributed by atoms with E-state index in [1.165, 1.54) is 5.56 Å². The summed E-state index contributed by atoms with van der Waals surface area (Å²) in [5.74, 6) is 0.835. The minimum absolute atomic E-state index is 0.263. The fourth-order valence-corrected chi connectivity index (χ4v) is 3.84. The third-order valence-electron chi connectivity index (χ3n) is 4.98. The Bertz CT molecular complexity index is 962. The maximum atomic E-state index is 9.97. The standard InChI is InChI=1S/C21H24N4OS/c1-16-9-11-18(12-10-16)25-20(17-6-3-2-4-7-17)22-24(21(25)27)15-23-13-5-8-19(26)14-23/h2-4,6-7,9-12,19,26H,5,8,13-15H2,1H3/t19-/m0/s1. The molecule has 0 spiro atoms. The molecule has 1 saturated heterocycles. The van der Waals surface area contributed by atoms with Gasteiger partial charge in [0.05, 0.1) is 12.8 Å². The van der Waals surface area contributed by atoms with Crippen LogP contribution >= 0.6 is 12.2 Å². The number of rotatable bonds is 4. The zero-order valence-electron chi connectivity index (χ0n) is 15.5. The summed E-state index contributed by atoms with van der Waals surface area (Å²) < 4.78 is 4.57. The van der Waals surface area contributed by atoms with Gasteiger partial charge in [-0.2, -0.15) is 0 Å². The molecule has 6 heteroatoms. The number of aromatic nitrogens is 3. The van der Waals surface area contributed by atoms with Crippen LogP contribution in [0.15, 0.2) is 54.6 Å². The smallest absolute Gasteiger partial charge is 0.204 e. The summed E-state index contributed by atoms with van der Waals surface area (Å²) in [6.07, 6.45) is 1.61. The van der Waals surface area contributed by atoms with Crippen LogP contribution in [0.2, 0.25) is 0 Å². The van der Waals surface area contributed by atoms with Crippen molar-refractivity contribution in [2.75, 3.05) is 13.1 Å². The Morgan fingerprint density at radius 2 is 1.85 bits per heavy atom. The van der Waals surface area contributed by atoms with Crippen LogP contribution in [0, 0.1) is 11.7 Å². The van der Waals surface area contributed by atoms with Crippen molar-refractivity contribution in [1.82, 2.24) is 19.2 Å². The normalized spacial score (nSPS) is 17.9. The number of piperidine rings is 1. The summed E-state index contributed by atoms with van der Waals surface area (Å²) in [5, 5.41) is 14.8. The largest absolute Gasteiger partial charge is 0.392 e. The predicted molar refractivity (Wildman–Crippen MR) is 109 cm³/mol. The second-order valence-electron chi connectivity index (χ2n) is 7.16. The van der Waals surface area contributed by atoms with E-state index in [0.29, 0.717) is 18.0 Å². The lowest BCUT2D eigenvalue weighted by Crippen LogP contribution is -2.39. The van der Waals surface area contributed by atoms with Gasteiger partial charge in [-0.1, -0.05) is 48.0 Å². The number of aliphatic hydroxyl groups is 1. The van der Waals surface area contributed by atoms with Crippen LogP contribution in [0.25, 0.3) is 17.1 Å². The summed E-state index contributed by atoms with van der Waals surface area (Å²) in [4.78, 5) is 2.21. The fraction of sp³-hybridized carbons (Fsp3) is 0.333. The van der Waals surface area contributed by atoms with Gasteiger partial charge in [0.1, 0.15) is 0 Å². The van der Waals surface area contributed by atoms with Gasteiger partial charge in [-0.15, -0.1) is 5.10 Å². The highest BCUT2D eigenvalue weighted by Gasteiger charge is 2.20. The van der Waals surface area contributed by atoms with Crippen LogP contribution in [-0.4, -0.2) is 43.5 Å². The van der Waals surface area contributed by atoms with E-state index in [2.05, 4.69) is 48.2 Å². The van der Waals surface area contributed by atoms with E-state index in [-0.39, 0.29) is 6.10 Å². The molecule has 0 aliphatic carbocycles. The SMILES string of the molecule is Cc1ccc(-n2c(-c3ccccc3)nn(CN3CCC[C@H](O)C3)c2=S)cc1. The van der Waals surface area contributed by atoms with Gasteiger partial charge in [0, 0.05) is 24.3 Å². The van der Waals surface area contributed by atoms with Gasteiger partial charge >= 0.3 is 0 Å². The summed E-state index contributed by atoms with van der Waals surface area (Å²) in [7, 11) is 0. The topological polar surface area (TPSA) is 46.2 Å². The van der Waals surface area contributed by atoms with Gasteiger partial charge in [-0.3, -0.25) is 9.47 Å². The second kappa shape index (κ2) is 7.76. The minimum Gasteiger partial charge on any atom is -0.392 e. The van der Waals surface area contributed by atoms with Crippen molar-refractivity contribution in [1.29, 1.82) is 0 Å². The third-order valence-corrected chi connectivity index (χ3v) is 5.37. The first-order chi connectivity index (χ1) is 13.1. The average molecular weight is 381 g/mol. The molecule has 0 bridgehead atoms. The van der Waals surface area contributed by atoms with Gasteiger partial charge in [0.25, 0.3) is 0 Å². The molecule has 27 heavy (non-hydrogen) atoms. The summed E-state index contributed by atoms with van der Waals surface area (Å²) in [5.41, 5.74) is 3.25. The summed E-state index contributed by atoms with van der Waals surface area (Å²) >= 11 is 5.80. The molecule has 1 aliphatic heterocycles. The van der Waals surface area contributed by atoms with E-state index in [1.807, 2.05) is 27.4 Å². The molecular formula is C21H24N4OS. The van der Waals surface area contributed by atoms with E-state index in [9.17, 15) is 5.11 Å². The number of aliphatic hydroxyl groups excluding tert-OH is 1. The Kier molecular flexibility index (Phi) is 5.20. The minimum atomic E-state index is -0.263. The van der Waals surface area contributed by atoms with Crippen LogP contribution in [0.3, 0.4) is 0 Å². The summed E-state index contributed by atoms with van der Waals surface area (Å²) in [6, 6.07) is 18.5. The van der Waals surface area contributed by atoms with E-state index >= 15 is 0 Å². The molecule has 0 saturated carbocycles. The predicted octanol–water partition coefficient (Wildman–Crippen LogP) is 3.79. The fourth-order valence-electron chi connectivity index (χ4n) is 3.55. The lowest BCUT2D eigenvalue weighted by Gasteiger charge is -2.29. The molecule has 0 unspecified atom stereocenters. The lowest BCUT2D eigenvalue weighted by atomic mass is 10.1. The first-order valence-electron chi connectivity index (χ1n) is 9.34. The molecule has 1 aliphatic rings. The molecule has 140 valence electrons. The van der Waals surface area contributed by atoms with Crippen molar-refractivity contribution in [3.63, 3.8) is 0 Å². The molecule has 1 N–H and O–H groups in total. The first kappa shape index (κ1) is 18.1. The molecule has 0 amide bonds. The van der Waals surface area contributed by atoms with E-state index < -0.39 is 0 Å². The Morgan fingerprint density at radius 1 is 1.11 bits per heavy atom. The molecule has 5 nitrogen and oxygen atoms in total. The van der Waals surface area contributed by atoms with E-state index in [0.717, 1.165) is 36.5 Å². The van der Waals surface area contributed by atoms with Crippen LogP contribution in [-0.2, 0) is 6.67 Å². The number of likely N-dealkylation sites (tertiary alicyclic amines) is 1. The monoisotopic (exact) mass is 380 g/mol. The van der Waals surface area contributed by atoms with Crippen molar-refractivity contribution in [3.8, 4) is 17.1 Å². The van der Waals surface area contributed by atoms with Crippen LogP contribution in [0.1, 0.15) is 18.4 Å². The first-order valence-corrected chi connectivity index (χ1v) is 9.75. The lowest BCUT2D eigenvalue weighted by molar-refractivity contribution is 0.0513. The Balaban J connectivity index is 1.77. The molecule has 2 heterocycles. The molecule has 4 rings (SSSR count). The maximum absolute atomic E-state index is 9.97. The van der Waals surface area contributed by atoms with Crippen LogP contribution < -0.4 is 0 Å². The van der Waals surface area contributed by atoms with Gasteiger partial charge in [0.15, 0.2) is 5.82 Å². The zero-order chi connectivity index (χ0) is 18.8. The van der Waals surface area contributed by atoms with E-state index in [4.69, 9.17) is 17.3 Å². The Hall–Kier alpha value is -2.28. The van der Waals surface area contributed by atoms with Crippen molar-refractivity contribution < 1.29 is 5.11 Å². The number of β-amino-alcohol motifs (C(OH)–C–C–N with tert-alkyl or cyclic N) is 1. The quantitative estimate of drug-likeness (QED) is 0.700. The van der Waals surface area contributed by atoms with Gasteiger partial charge in [-0.05, 0) is 44.1 Å². The molecule has 1 fully saturated rings. The van der Waals surface area contributed by atoms with E-state index in [1.54, 1.807) is 0 Å². The van der Waals surface area contributed by atoms with Crippen molar-refractivity contribution in [3.05, 3.63) is 64.9 Å². The second-order valence-corrected chi connectivity index (χ2v) is 7.52. The van der Waals surface area contributed by atoms with Gasteiger partial charge in [0.2, 0.25) is 4.77 Å². The highest BCUT2D eigenvalue weighted by molar-refractivity contribution is 7.71. The van der Waals surface area contributed by atoms with Crippen molar-refractivity contribution >= 4 is 12.2 Å². The van der Waals surface area contributed by atoms with Crippen molar-refractivity contribution in [2.24, 2.45) is 0 Å². The highest BCUT2D eigenvalue weighted by atomic mass is 32.1. The van der Waals surface area contributed by atoms with Gasteiger partial charge < -0.3 is 5.11 Å². The highest BCUT2D eigenvalue weighted by Crippen LogP contribution is 2.23. The molecule has 2 aromatic carbocycles.